The fourth-order valence-corrected chi connectivity index (χ4v) is 3.01. The molecule has 27 heavy (non-hydrogen) atoms. The van der Waals surface area contributed by atoms with Crippen LogP contribution < -0.4 is 0 Å². The van der Waals surface area contributed by atoms with Gasteiger partial charge in [-0.2, -0.15) is 0 Å². The van der Waals surface area contributed by atoms with Crippen molar-refractivity contribution in [2.45, 2.75) is 5.92 Å². The molecular weight excluding hydrogens is 342 g/mol. The maximum atomic E-state index is 9.55. The summed E-state index contributed by atoms with van der Waals surface area (Å²) >= 11 is 0. The van der Waals surface area contributed by atoms with Crippen LogP contribution in [0.5, 0.6) is 0 Å². The van der Waals surface area contributed by atoms with E-state index in [1.54, 1.807) is 0 Å². The van der Waals surface area contributed by atoms with Gasteiger partial charge < -0.3 is 15.1 Å². The highest BCUT2D eigenvalue weighted by atomic mass is 16.4. The van der Waals surface area contributed by atoms with Crippen molar-refractivity contribution < 1.29 is 19.8 Å². The number of rotatable bonds is 4. The van der Waals surface area contributed by atoms with Gasteiger partial charge in [0.2, 0.25) is 0 Å². The predicted octanol–water partition coefficient (Wildman–Crippen LogP) is 3.58. The van der Waals surface area contributed by atoms with Crippen LogP contribution in [0.15, 0.2) is 60.7 Å². The molecular formula is C22H23NO4. The van der Waals surface area contributed by atoms with Crippen LogP contribution in [-0.4, -0.2) is 47.7 Å². The van der Waals surface area contributed by atoms with E-state index >= 15 is 0 Å². The second kappa shape index (κ2) is 9.50. The van der Waals surface area contributed by atoms with Crippen molar-refractivity contribution in [2.24, 2.45) is 0 Å². The van der Waals surface area contributed by atoms with Crippen molar-refractivity contribution >= 4 is 24.1 Å². The fourth-order valence-electron chi connectivity index (χ4n) is 3.01. The fraction of sp³-hybridized carbons (Fsp3) is 0.182. The molecule has 0 radical (unpaired) electrons. The zero-order valence-electron chi connectivity index (χ0n) is 15.4. The summed E-state index contributed by atoms with van der Waals surface area (Å²) in [6.45, 7) is 1.04. The van der Waals surface area contributed by atoms with Gasteiger partial charge in [0.1, 0.15) is 0 Å². The summed E-state index contributed by atoms with van der Waals surface area (Å²) in [7, 11) is 4.28. The Morgan fingerprint density at radius 2 is 1.26 bits per heavy atom. The molecule has 0 saturated carbocycles. The minimum atomic E-state index is -1.26. The monoisotopic (exact) mass is 365 g/mol. The predicted molar refractivity (Wildman–Crippen MR) is 107 cm³/mol. The van der Waals surface area contributed by atoms with E-state index in [0.29, 0.717) is 18.1 Å². The molecule has 5 nitrogen and oxygen atoms in total. The number of nitrogens with zero attached hydrogens (tertiary/aromatic N) is 1. The molecule has 0 bridgehead atoms. The zero-order valence-corrected chi connectivity index (χ0v) is 15.4. The van der Waals surface area contributed by atoms with Gasteiger partial charge >= 0.3 is 11.9 Å². The maximum Gasteiger partial charge on any atom is 0.328 e. The Kier molecular flexibility index (Phi) is 7.08. The third kappa shape index (κ3) is 5.94. The van der Waals surface area contributed by atoms with Crippen LogP contribution in [0.25, 0.3) is 12.2 Å². The number of likely N-dealkylation sites (N-methyl/N-ethyl adjacent to an activating group) is 1. The lowest BCUT2D eigenvalue weighted by molar-refractivity contribution is -0.134. The lowest BCUT2D eigenvalue weighted by Crippen LogP contribution is -2.22. The highest BCUT2D eigenvalue weighted by Crippen LogP contribution is 2.34. The Morgan fingerprint density at radius 3 is 1.63 bits per heavy atom. The van der Waals surface area contributed by atoms with E-state index in [1.165, 1.54) is 22.3 Å². The number of carbonyl (C=O) groups is 2. The van der Waals surface area contributed by atoms with Gasteiger partial charge in [0.15, 0.2) is 0 Å². The Morgan fingerprint density at radius 1 is 0.852 bits per heavy atom. The number of aliphatic carboxylic acids is 2. The number of carboxylic acid groups (broad SMARTS) is 2. The van der Waals surface area contributed by atoms with Gasteiger partial charge in [-0.15, -0.1) is 0 Å². The molecule has 0 amide bonds. The van der Waals surface area contributed by atoms with E-state index in [-0.39, 0.29) is 0 Å². The van der Waals surface area contributed by atoms with Gasteiger partial charge in [-0.3, -0.25) is 0 Å². The van der Waals surface area contributed by atoms with E-state index in [0.717, 1.165) is 6.54 Å². The molecule has 0 atom stereocenters. The first kappa shape index (κ1) is 20.1. The first-order chi connectivity index (χ1) is 12.9. The van der Waals surface area contributed by atoms with Gasteiger partial charge in [0.05, 0.1) is 0 Å². The van der Waals surface area contributed by atoms with Crippen molar-refractivity contribution in [3.05, 3.63) is 82.9 Å². The number of fused-ring (bicyclic) bond motifs is 2. The van der Waals surface area contributed by atoms with Crippen LogP contribution >= 0.6 is 0 Å². The van der Waals surface area contributed by atoms with Gasteiger partial charge in [-0.25, -0.2) is 9.59 Å². The third-order valence-electron chi connectivity index (χ3n) is 4.10. The van der Waals surface area contributed by atoms with Crippen LogP contribution in [0.3, 0.4) is 0 Å². The first-order valence-electron chi connectivity index (χ1n) is 8.53. The standard InChI is InChI=1S/C18H19N.C4H4O4/c1-19(2)13-18-16-9-5-3-7-14(16)11-12-15-8-4-6-10-17(15)18;5-3(6)1-2-4(7)8/h3-12,18H,13H2,1-2H3;1-2H,(H,5,6)(H,7,8). The normalized spacial score (nSPS) is 12.7. The number of benzene rings is 2. The van der Waals surface area contributed by atoms with Gasteiger partial charge in [0.25, 0.3) is 0 Å². The average Bonchev–Trinajstić information content (AvgIpc) is 2.78. The summed E-state index contributed by atoms with van der Waals surface area (Å²) in [6, 6.07) is 17.5. The van der Waals surface area contributed by atoms with Crippen molar-refractivity contribution in [3.63, 3.8) is 0 Å². The summed E-state index contributed by atoms with van der Waals surface area (Å²) in [5.74, 6) is -2.07. The van der Waals surface area contributed by atoms with Gasteiger partial charge in [-0.05, 0) is 36.3 Å². The summed E-state index contributed by atoms with van der Waals surface area (Å²) in [5, 5.41) is 15.6. The van der Waals surface area contributed by atoms with Crippen LogP contribution in [0.4, 0.5) is 0 Å². The smallest absolute Gasteiger partial charge is 0.328 e. The Labute approximate surface area is 158 Å². The molecule has 0 saturated heterocycles. The topological polar surface area (TPSA) is 77.8 Å². The zero-order chi connectivity index (χ0) is 19.8. The summed E-state index contributed by atoms with van der Waals surface area (Å²) in [6.07, 6.45) is 5.60. The Hall–Kier alpha value is -3.18. The lowest BCUT2D eigenvalue weighted by Gasteiger charge is -2.23. The molecule has 0 unspecified atom stereocenters. The highest BCUT2D eigenvalue weighted by Gasteiger charge is 2.21. The minimum absolute atomic E-state index is 0.442. The molecule has 3 rings (SSSR count). The molecule has 2 aromatic carbocycles. The second-order valence-corrected chi connectivity index (χ2v) is 6.42. The maximum absolute atomic E-state index is 9.55. The van der Waals surface area contributed by atoms with E-state index in [1.807, 2.05) is 0 Å². The molecule has 0 spiro atoms. The number of carboxylic acids is 2. The van der Waals surface area contributed by atoms with Crippen molar-refractivity contribution in [1.82, 2.24) is 4.90 Å². The quantitative estimate of drug-likeness (QED) is 0.810. The SMILES string of the molecule is CN(C)CC1c2ccccc2C=Cc2ccccc21.O=C(O)C=CC(=O)O. The van der Waals surface area contributed by atoms with Crippen LogP contribution in [0.1, 0.15) is 28.2 Å². The largest absolute Gasteiger partial charge is 0.478 e. The molecule has 1 aliphatic carbocycles. The van der Waals surface area contributed by atoms with E-state index in [9.17, 15) is 9.59 Å². The van der Waals surface area contributed by atoms with Gasteiger partial charge in [-0.1, -0.05) is 60.7 Å². The second-order valence-electron chi connectivity index (χ2n) is 6.42. The van der Waals surface area contributed by atoms with Crippen LogP contribution in [0, 0.1) is 0 Å². The Balaban J connectivity index is 0.000000279. The third-order valence-corrected chi connectivity index (χ3v) is 4.10. The molecule has 0 aliphatic heterocycles. The van der Waals surface area contributed by atoms with Crippen molar-refractivity contribution in [3.8, 4) is 0 Å². The number of hydrogen-bond acceptors (Lipinski definition) is 3. The minimum Gasteiger partial charge on any atom is -0.478 e. The van der Waals surface area contributed by atoms with E-state index in [2.05, 4.69) is 79.7 Å². The molecule has 5 heteroatoms. The average molecular weight is 365 g/mol. The molecule has 2 N–H and O–H groups in total. The van der Waals surface area contributed by atoms with E-state index < -0.39 is 11.9 Å². The molecule has 140 valence electrons. The molecule has 0 heterocycles. The first-order valence-corrected chi connectivity index (χ1v) is 8.53. The summed E-state index contributed by atoms with van der Waals surface area (Å²) in [4.78, 5) is 21.4. The molecule has 0 aromatic heterocycles. The molecule has 1 aliphatic rings. The Bertz CT molecular complexity index is 803. The highest BCUT2D eigenvalue weighted by molar-refractivity contribution is 5.89. The summed E-state index contributed by atoms with van der Waals surface area (Å²) < 4.78 is 0. The van der Waals surface area contributed by atoms with Gasteiger partial charge in [0, 0.05) is 24.6 Å². The van der Waals surface area contributed by atoms with Crippen LogP contribution in [-0.2, 0) is 9.59 Å². The summed E-state index contributed by atoms with van der Waals surface area (Å²) in [5.41, 5.74) is 5.53. The molecule has 2 aromatic rings. The van der Waals surface area contributed by atoms with Crippen molar-refractivity contribution in [1.29, 1.82) is 0 Å². The van der Waals surface area contributed by atoms with Crippen LogP contribution in [0.2, 0.25) is 0 Å². The number of hydrogen-bond donors (Lipinski definition) is 2. The van der Waals surface area contributed by atoms with E-state index in [4.69, 9.17) is 10.2 Å². The lowest BCUT2D eigenvalue weighted by atomic mass is 9.87. The van der Waals surface area contributed by atoms with Crippen molar-refractivity contribution in [2.75, 3.05) is 20.6 Å². The molecule has 0 fully saturated rings.